The van der Waals surface area contributed by atoms with Crippen molar-refractivity contribution in [3.05, 3.63) is 27.7 Å². The summed E-state index contributed by atoms with van der Waals surface area (Å²) in [6.45, 7) is 0.748. The van der Waals surface area contributed by atoms with Crippen LogP contribution >= 0.6 is 27.5 Å². The Labute approximate surface area is 108 Å². The maximum Gasteiger partial charge on any atom is 0.244 e. The van der Waals surface area contributed by atoms with Crippen LogP contribution in [0.2, 0.25) is 5.02 Å². The molecule has 1 aromatic carbocycles. The quantitative estimate of drug-likeness (QED) is 0.910. The van der Waals surface area contributed by atoms with E-state index in [0.717, 1.165) is 23.1 Å². The summed E-state index contributed by atoms with van der Waals surface area (Å²) < 4.78 is 0.812. The molecular weight excluding hydrogens is 291 g/mol. The van der Waals surface area contributed by atoms with Gasteiger partial charge in [-0.2, -0.15) is 0 Å². The number of amides is 1. The number of benzene rings is 1. The van der Waals surface area contributed by atoms with Crippen LogP contribution in [-0.2, 0) is 4.79 Å². The minimum absolute atomic E-state index is 0.0607. The van der Waals surface area contributed by atoms with E-state index >= 15 is 0 Å². The van der Waals surface area contributed by atoms with Gasteiger partial charge in [0.15, 0.2) is 0 Å². The number of rotatable bonds is 2. The normalized spacial score (nSPS) is 20.6. The summed E-state index contributed by atoms with van der Waals surface area (Å²) >= 11 is 9.28. The third-order valence-electron chi connectivity index (χ3n) is 2.77. The average Bonchev–Trinajstić information content (AvgIpc) is 2.64. The zero-order chi connectivity index (χ0) is 11.7. The molecule has 0 aromatic heterocycles. The van der Waals surface area contributed by atoms with Crippen molar-refractivity contribution in [3.63, 3.8) is 0 Å². The fourth-order valence-corrected chi connectivity index (χ4v) is 2.34. The summed E-state index contributed by atoms with van der Waals surface area (Å²) in [5.74, 6) is 0.122. The van der Waals surface area contributed by atoms with Crippen molar-refractivity contribution in [1.29, 1.82) is 0 Å². The second-order valence-electron chi connectivity index (χ2n) is 3.72. The number of hydrogen-bond donors (Lipinski definition) is 1. The molecule has 5 heteroatoms. The molecule has 1 heterocycles. The molecule has 1 saturated heterocycles. The molecule has 0 radical (unpaired) electrons. The van der Waals surface area contributed by atoms with Gasteiger partial charge in [-0.1, -0.05) is 11.6 Å². The number of likely N-dealkylation sites (N-methyl/N-ethyl adjacent to an activating group) is 1. The first kappa shape index (κ1) is 11.9. The Morgan fingerprint density at radius 3 is 2.88 bits per heavy atom. The summed E-state index contributed by atoms with van der Waals surface area (Å²) in [6, 6.07) is 5.47. The molecule has 1 aromatic rings. The largest absolute Gasteiger partial charge is 0.311 e. The molecule has 2 rings (SSSR count). The SMILES string of the molecule is CNC1CCN(c2ccc(Cl)c(Br)c2)C1=O. The van der Waals surface area contributed by atoms with Crippen molar-refractivity contribution >= 4 is 39.1 Å². The van der Waals surface area contributed by atoms with Crippen molar-refractivity contribution in [2.24, 2.45) is 0 Å². The Hall–Kier alpha value is -0.580. The number of nitrogens with one attached hydrogen (secondary N) is 1. The zero-order valence-corrected chi connectivity index (χ0v) is 11.2. The minimum atomic E-state index is -0.0607. The number of halogens is 2. The lowest BCUT2D eigenvalue weighted by Crippen LogP contribution is -2.36. The molecule has 0 bridgehead atoms. The lowest BCUT2D eigenvalue weighted by Gasteiger charge is -2.17. The third kappa shape index (κ3) is 2.10. The first-order valence-electron chi connectivity index (χ1n) is 5.07. The highest BCUT2D eigenvalue weighted by molar-refractivity contribution is 9.10. The molecule has 1 fully saturated rings. The van der Waals surface area contributed by atoms with Crippen molar-refractivity contribution in [2.45, 2.75) is 12.5 Å². The van der Waals surface area contributed by atoms with Crippen LogP contribution in [0.3, 0.4) is 0 Å². The van der Waals surface area contributed by atoms with Gasteiger partial charge in [0.1, 0.15) is 0 Å². The van der Waals surface area contributed by atoms with Gasteiger partial charge in [-0.05, 0) is 47.6 Å². The summed E-state index contributed by atoms with van der Waals surface area (Å²) in [5, 5.41) is 3.66. The van der Waals surface area contributed by atoms with Crippen LogP contribution in [0.25, 0.3) is 0 Å². The second kappa shape index (κ2) is 4.73. The molecular formula is C11H12BrClN2O. The highest BCUT2D eigenvalue weighted by atomic mass is 79.9. The van der Waals surface area contributed by atoms with E-state index in [1.165, 1.54) is 0 Å². The molecule has 0 saturated carbocycles. The Kier molecular flexibility index (Phi) is 3.52. The summed E-state index contributed by atoms with van der Waals surface area (Å²) in [7, 11) is 1.81. The van der Waals surface area contributed by atoms with Crippen molar-refractivity contribution in [1.82, 2.24) is 5.32 Å². The van der Waals surface area contributed by atoms with Gasteiger partial charge in [0.25, 0.3) is 0 Å². The second-order valence-corrected chi connectivity index (χ2v) is 4.98. The Morgan fingerprint density at radius 2 is 2.31 bits per heavy atom. The first-order valence-corrected chi connectivity index (χ1v) is 6.24. The molecule has 0 aliphatic carbocycles. The molecule has 1 unspecified atom stereocenters. The fraction of sp³-hybridized carbons (Fsp3) is 0.364. The van der Waals surface area contributed by atoms with Crippen molar-refractivity contribution in [2.75, 3.05) is 18.5 Å². The third-order valence-corrected chi connectivity index (χ3v) is 3.98. The van der Waals surface area contributed by atoms with Gasteiger partial charge < -0.3 is 10.2 Å². The van der Waals surface area contributed by atoms with Crippen LogP contribution in [0, 0.1) is 0 Å². The molecule has 1 N–H and O–H groups in total. The Balaban J connectivity index is 2.25. The molecule has 16 heavy (non-hydrogen) atoms. The monoisotopic (exact) mass is 302 g/mol. The fourth-order valence-electron chi connectivity index (χ4n) is 1.86. The molecule has 86 valence electrons. The zero-order valence-electron chi connectivity index (χ0n) is 8.84. The van der Waals surface area contributed by atoms with Crippen LogP contribution in [0.4, 0.5) is 5.69 Å². The van der Waals surface area contributed by atoms with Crippen molar-refractivity contribution in [3.8, 4) is 0 Å². The van der Waals surface area contributed by atoms with E-state index in [0.29, 0.717) is 5.02 Å². The van der Waals surface area contributed by atoms with E-state index in [-0.39, 0.29) is 11.9 Å². The van der Waals surface area contributed by atoms with Crippen LogP contribution < -0.4 is 10.2 Å². The van der Waals surface area contributed by atoms with E-state index in [2.05, 4.69) is 21.2 Å². The minimum Gasteiger partial charge on any atom is -0.311 e. The van der Waals surface area contributed by atoms with Crippen molar-refractivity contribution < 1.29 is 4.79 Å². The Bertz CT molecular complexity index is 424. The average molecular weight is 304 g/mol. The standard InChI is InChI=1S/C11H12BrClN2O/c1-14-10-4-5-15(11(10)16)7-2-3-9(13)8(12)6-7/h2-3,6,10,14H,4-5H2,1H3. The topological polar surface area (TPSA) is 32.3 Å². The van der Waals surface area contributed by atoms with E-state index in [9.17, 15) is 4.79 Å². The van der Waals surface area contributed by atoms with E-state index in [1.54, 1.807) is 11.0 Å². The Morgan fingerprint density at radius 1 is 1.56 bits per heavy atom. The maximum absolute atomic E-state index is 11.9. The van der Waals surface area contributed by atoms with Crippen LogP contribution in [0.5, 0.6) is 0 Å². The summed E-state index contributed by atoms with van der Waals surface area (Å²) in [6.07, 6.45) is 0.843. The van der Waals surface area contributed by atoms with Crippen LogP contribution in [0.15, 0.2) is 22.7 Å². The first-order chi connectivity index (χ1) is 7.63. The van der Waals surface area contributed by atoms with Gasteiger partial charge in [-0.25, -0.2) is 0 Å². The summed E-state index contributed by atoms with van der Waals surface area (Å²) in [5.41, 5.74) is 0.888. The van der Waals surface area contributed by atoms with E-state index in [4.69, 9.17) is 11.6 Å². The number of carbonyl (C=O) groups excluding carboxylic acids is 1. The highest BCUT2D eigenvalue weighted by Crippen LogP contribution is 2.29. The van der Waals surface area contributed by atoms with E-state index < -0.39 is 0 Å². The highest BCUT2D eigenvalue weighted by Gasteiger charge is 2.31. The number of nitrogens with zero attached hydrogens (tertiary/aromatic N) is 1. The van der Waals surface area contributed by atoms with Gasteiger partial charge in [-0.3, -0.25) is 4.79 Å². The predicted octanol–water partition coefficient (Wildman–Crippen LogP) is 2.43. The van der Waals surface area contributed by atoms with E-state index in [1.807, 2.05) is 19.2 Å². The van der Waals surface area contributed by atoms with Gasteiger partial charge in [-0.15, -0.1) is 0 Å². The molecule has 1 aliphatic rings. The lowest BCUT2D eigenvalue weighted by molar-refractivity contribution is -0.118. The van der Waals surface area contributed by atoms with Crippen LogP contribution in [0.1, 0.15) is 6.42 Å². The van der Waals surface area contributed by atoms with Gasteiger partial charge >= 0.3 is 0 Å². The van der Waals surface area contributed by atoms with Gasteiger partial charge in [0.05, 0.1) is 11.1 Å². The van der Waals surface area contributed by atoms with Gasteiger partial charge in [0.2, 0.25) is 5.91 Å². The molecule has 0 spiro atoms. The molecule has 1 atom stereocenters. The molecule has 1 amide bonds. The van der Waals surface area contributed by atoms with Crippen LogP contribution in [-0.4, -0.2) is 25.5 Å². The summed E-state index contributed by atoms with van der Waals surface area (Å²) in [4.78, 5) is 13.7. The number of carbonyl (C=O) groups is 1. The molecule has 3 nitrogen and oxygen atoms in total. The lowest BCUT2D eigenvalue weighted by atomic mass is 10.2. The smallest absolute Gasteiger partial charge is 0.244 e. The van der Waals surface area contributed by atoms with Gasteiger partial charge in [0, 0.05) is 16.7 Å². The maximum atomic E-state index is 11.9. The number of hydrogen-bond acceptors (Lipinski definition) is 2. The number of anilines is 1. The predicted molar refractivity (Wildman–Crippen MR) is 69.0 cm³/mol. The molecule has 1 aliphatic heterocycles.